The first kappa shape index (κ1) is 17.4. The van der Waals surface area contributed by atoms with Crippen LogP contribution in [-0.2, 0) is 19.1 Å². The van der Waals surface area contributed by atoms with Crippen molar-refractivity contribution in [3.63, 3.8) is 0 Å². The Morgan fingerprint density at radius 2 is 1.81 bits per heavy atom. The van der Waals surface area contributed by atoms with Gasteiger partial charge in [-0.05, 0) is 30.2 Å². The van der Waals surface area contributed by atoms with Gasteiger partial charge in [-0.15, -0.1) is 0 Å². The van der Waals surface area contributed by atoms with Gasteiger partial charge >= 0.3 is 6.09 Å². The highest BCUT2D eigenvalue weighted by Crippen LogP contribution is 2.57. The minimum atomic E-state index is -3.87. The molecule has 4 rings (SSSR count). The summed E-state index contributed by atoms with van der Waals surface area (Å²) in [6.45, 7) is 0.401. The number of rotatable bonds is 2. The maximum Gasteiger partial charge on any atom is 0.411 e. The molecular formula is C18H17BrN2O4S. The summed E-state index contributed by atoms with van der Waals surface area (Å²) in [6, 6.07) is 15.6. The number of methoxy groups -OCH3 is 1. The van der Waals surface area contributed by atoms with Crippen LogP contribution in [0.25, 0.3) is 0 Å². The van der Waals surface area contributed by atoms with Crippen molar-refractivity contribution < 1.29 is 17.9 Å². The van der Waals surface area contributed by atoms with Crippen molar-refractivity contribution in [3.05, 3.63) is 60.2 Å². The van der Waals surface area contributed by atoms with E-state index >= 15 is 0 Å². The van der Waals surface area contributed by atoms with Crippen molar-refractivity contribution in [3.8, 4) is 0 Å². The fraction of sp³-hybridized carbons (Fsp3) is 0.278. The van der Waals surface area contributed by atoms with Crippen molar-refractivity contribution in [1.29, 1.82) is 0 Å². The third kappa shape index (κ3) is 2.28. The van der Waals surface area contributed by atoms with E-state index < -0.39 is 26.6 Å². The molecule has 0 aliphatic carbocycles. The molecular weight excluding hydrogens is 420 g/mol. The van der Waals surface area contributed by atoms with Crippen LogP contribution in [-0.4, -0.2) is 39.2 Å². The number of nitrogens with zero attached hydrogens (tertiary/aromatic N) is 2. The summed E-state index contributed by atoms with van der Waals surface area (Å²) < 4.78 is 32.5. The highest BCUT2D eigenvalue weighted by molar-refractivity contribution is 9.09. The molecule has 0 spiro atoms. The van der Waals surface area contributed by atoms with E-state index in [2.05, 4.69) is 15.9 Å². The SMILES string of the molecule is COC(=O)N1CC[C@]2(Br)c3ccccc3N(S(=O)(=O)c3ccccc3)[C@H]12. The molecule has 2 aliphatic heterocycles. The third-order valence-electron chi connectivity index (χ3n) is 4.94. The monoisotopic (exact) mass is 436 g/mol. The number of carbonyl (C=O) groups is 1. The molecule has 2 heterocycles. The van der Waals surface area contributed by atoms with Crippen LogP contribution in [0.4, 0.5) is 10.5 Å². The first-order chi connectivity index (χ1) is 12.4. The lowest BCUT2D eigenvalue weighted by atomic mass is 9.98. The molecule has 0 saturated carbocycles. The second-order valence-corrected chi connectivity index (χ2v) is 9.51. The number of carbonyl (C=O) groups excluding carboxylic acids is 1. The molecule has 8 heteroatoms. The number of hydrogen-bond donors (Lipinski definition) is 0. The summed E-state index contributed by atoms with van der Waals surface area (Å²) in [5.74, 6) is 0. The van der Waals surface area contributed by atoms with E-state index in [0.29, 0.717) is 18.7 Å². The van der Waals surface area contributed by atoms with E-state index in [1.54, 1.807) is 42.5 Å². The Balaban J connectivity index is 1.93. The second kappa shape index (κ2) is 5.99. The molecule has 1 amide bonds. The lowest BCUT2D eigenvalue weighted by Crippen LogP contribution is -2.52. The zero-order valence-electron chi connectivity index (χ0n) is 14.0. The fourth-order valence-corrected chi connectivity index (χ4v) is 6.60. The van der Waals surface area contributed by atoms with Crippen molar-refractivity contribution in [2.45, 2.75) is 21.8 Å². The molecule has 2 aliphatic rings. The van der Waals surface area contributed by atoms with Crippen LogP contribution < -0.4 is 4.31 Å². The van der Waals surface area contributed by atoms with Crippen LogP contribution in [0.2, 0.25) is 0 Å². The summed E-state index contributed by atoms with van der Waals surface area (Å²) in [5, 5.41) is 0. The lowest BCUT2D eigenvalue weighted by molar-refractivity contribution is 0.119. The van der Waals surface area contributed by atoms with Gasteiger partial charge < -0.3 is 4.74 Å². The Kier molecular flexibility index (Phi) is 4.00. The second-order valence-electron chi connectivity index (χ2n) is 6.28. The fourth-order valence-electron chi connectivity index (χ4n) is 3.79. The van der Waals surface area contributed by atoms with E-state index in [1.807, 2.05) is 12.1 Å². The van der Waals surface area contributed by atoms with E-state index in [0.717, 1.165) is 5.56 Å². The molecule has 2 aromatic carbocycles. The normalized spacial score (nSPS) is 24.3. The molecule has 0 radical (unpaired) electrons. The van der Waals surface area contributed by atoms with E-state index in [9.17, 15) is 13.2 Å². The molecule has 2 atom stereocenters. The van der Waals surface area contributed by atoms with Gasteiger partial charge in [0.1, 0.15) is 6.17 Å². The van der Waals surface area contributed by atoms with Gasteiger partial charge in [0, 0.05) is 6.54 Å². The topological polar surface area (TPSA) is 66.9 Å². The number of benzene rings is 2. The summed E-state index contributed by atoms with van der Waals surface area (Å²) in [5.41, 5.74) is 1.43. The van der Waals surface area contributed by atoms with E-state index in [4.69, 9.17) is 4.74 Å². The molecule has 0 unspecified atom stereocenters. The summed E-state index contributed by atoms with van der Waals surface area (Å²) >= 11 is 3.76. The average molecular weight is 437 g/mol. The minimum absolute atomic E-state index is 0.184. The van der Waals surface area contributed by atoms with Gasteiger partial charge in [-0.1, -0.05) is 52.3 Å². The van der Waals surface area contributed by atoms with Gasteiger partial charge in [0.25, 0.3) is 10.0 Å². The Hall–Kier alpha value is -2.06. The number of anilines is 1. The van der Waals surface area contributed by atoms with Gasteiger partial charge in [0.15, 0.2) is 0 Å². The molecule has 0 bridgehead atoms. The first-order valence-electron chi connectivity index (χ1n) is 8.14. The predicted octanol–water partition coefficient (Wildman–Crippen LogP) is 3.28. The molecule has 136 valence electrons. The number of halogens is 1. The smallest absolute Gasteiger partial charge is 0.411 e. The molecule has 0 N–H and O–H groups in total. The number of ether oxygens (including phenoxy) is 1. The average Bonchev–Trinajstić information content (AvgIpc) is 3.13. The maximum absolute atomic E-state index is 13.5. The first-order valence-corrected chi connectivity index (χ1v) is 10.4. The Labute approximate surface area is 160 Å². The van der Waals surface area contributed by atoms with Crippen LogP contribution in [0.15, 0.2) is 59.5 Å². The largest absolute Gasteiger partial charge is 0.453 e. The molecule has 2 aromatic rings. The van der Waals surface area contributed by atoms with Crippen LogP contribution in [0, 0.1) is 0 Å². The van der Waals surface area contributed by atoms with Crippen LogP contribution >= 0.6 is 15.9 Å². The van der Waals surface area contributed by atoms with Gasteiger partial charge in [-0.25, -0.2) is 17.5 Å². The Morgan fingerprint density at radius 3 is 2.50 bits per heavy atom. The molecule has 26 heavy (non-hydrogen) atoms. The van der Waals surface area contributed by atoms with Gasteiger partial charge in [0.05, 0.1) is 22.0 Å². The number of para-hydroxylation sites is 1. The highest BCUT2D eigenvalue weighted by Gasteiger charge is 2.60. The zero-order valence-corrected chi connectivity index (χ0v) is 16.4. The predicted molar refractivity (Wildman–Crippen MR) is 101 cm³/mol. The Morgan fingerprint density at radius 1 is 1.15 bits per heavy atom. The van der Waals surface area contributed by atoms with Crippen molar-refractivity contribution >= 4 is 37.7 Å². The van der Waals surface area contributed by atoms with Gasteiger partial charge in [0.2, 0.25) is 0 Å². The van der Waals surface area contributed by atoms with Crippen LogP contribution in [0.1, 0.15) is 12.0 Å². The lowest BCUT2D eigenvalue weighted by Gasteiger charge is -2.34. The number of fused-ring (bicyclic) bond motifs is 3. The van der Waals surface area contributed by atoms with E-state index in [1.165, 1.54) is 16.3 Å². The number of sulfonamides is 1. The standard InChI is InChI=1S/C18H17BrN2O4S/c1-25-17(22)20-12-11-18(19)14-9-5-6-10-15(14)21(16(18)20)26(23,24)13-7-3-2-4-8-13/h2-10,16H,11-12H2,1H3/t16-,18-/m0/s1. The molecule has 1 saturated heterocycles. The summed E-state index contributed by atoms with van der Waals surface area (Å²) in [4.78, 5) is 14.0. The van der Waals surface area contributed by atoms with Crippen molar-refractivity contribution in [2.24, 2.45) is 0 Å². The minimum Gasteiger partial charge on any atom is -0.453 e. The Bertz CT molecular complexity index is 966. The van der Waals surface area contributed by atoms with E-state index in [-0.39, 0.29) is 4.90 Å². The van der Waals surface area contributed by atoms with Crippen LogP contribution in [0.5, 0.6) is 0 Å². The summed E-state index contributed by atoms with van der Waals surface area (Å²) in [6.07, 6.45) is -0.681. The van der Waals surface area contributed by atoms with Crippen molar-refractivity contribution in [2.75, 3.05) is 18.0 Å². The third-order valence-corrected chi connectivity index (χ3v) is 7.96. The molecule has 0 aromatic heterocycles. The summed E-state index contributed by atoms with van der Waals surface area (Å²) in [7, 11) is -2.56. The van der Waals surface area contributed by atoms with Crippen molar-refractivity contribution in [1.82, 2.24) is 4.90 Å². The zero-order chi connectivity index (χ0) is 18.5. The number of alkyl halides is 1. The number of amides is 1. The van der Waals surface area contributed by atoms with Gasteiger partial charge in [-0.3, -0.25) is 4.90 Å². The highest BCUT2D eigenvalue weighted by atomic mass is 79.9. The number of likely N-dealkylation sites (tertiary alicyclic amines) is 1. The molecule has 1 fully saturated rings. The number of hydrogen-bond acceptors (Lipinski definition) is 4. The molecule has 6 nitrogen and oxygen atoms in total. The van der Waals surface area contributed by atoms with Crippen LogP contribution in [0.3, 0.4) is 0 Å². The van der Waals surface area contributed by atoms with Gasteiger partial charge in [-0.2, -0.15) is 0 Å². The quantitative estimate of drug-likeness (QED) is 0.677. The maximum atomic E-state index is 13.5.